The van der Waals surface area contributed by atoms with Crippen molar-refractivity contribution >= 4 is 62.0 Å². The average molecular weight is 589 g/mol. The summed E-state index contributed by atoms with van der Waals surface area (Å²) in [5.74, 6) is -0.511. The summed E-state index contributed by atoms with van der Waals surface area (Å²) in [7, 11) is 1.52. The Bertz CT molecular complexity index is 1670. The average Bonchev–Trinajstić information content (AvgIpc) is 3.32. The fraction of sp³-hybridized carbons (Fsp3) is 0.200. The zero-order valence-corrected chi connectivity index (χ0v) is 22.5. The molecule has 0 radical (unpaired) electrons. The van der Waals surface area contributed by atoms with Gasteiger partial charge in [-0.3, -0.25) is 14.2 Å². The first-order valence-electron chi connectivity index (χ1n) is 10.9. The van der Waals surface area contributed by atoms with Gasteiger partial charge in [0.05, 0.1) is 30.6 Å². The Morgan fingerprint density at radius 1 is 1.25 bits per heavy atom. The van der Waals surface area contributed by atoms with Gasteiger partial charge in [0.15, 0.2) is 4.80 Å². The number of carbonyl (C=O) groups excluding carboxylic acids is 2. The highest BCUT2D eigenvalue weighted by atomic mass is 79.9. The van der Waals surface area contributed by atoms with Crippen LogP contribution >= 0.6 is 38.9 Å². The summed E-state index contributed by atoms with van der Waals surface area (Å²) >= 11 is 10.8. The fourth-order valence-electron chi connectivity index (χ4n) is 4.42. The van der Waals surface area contributed by atoms with Crippen LogP contribution in [0.4, 0.5) is 5.69 Å². The third-order valence-corrected chi connectivity index (χ3v) is 7.71. The molecule has 1 atom stereocenters. The molecule has 1 amide bonds. The van der Waals surface area contributed by atoms with Crippen LogP contribution in [0.1, 0.15) is 31.0 Å². The lowest BCUT2D eigenvalue weighted by atomic mass is 9.95. The van der Waals surface area contributed by atoms with Crippen LogP contribution in [0.25, 0.3) is 5.57 Å². The summed E-state index contributed by atoms with van der Waals surface area (Å²) in [6.07, 6.45) is 0. The second-order valence-electron chi connectivity index (χ2n) is 8.03. The third kappa shape index (κ3) is 3.89. The van der Waals surface area contributed by atoms with Gasteiger partial charge in [0.2, 0.25) is 0 Å². The highest BCUT2D eigenvalue weighted by Crippen LogP contribution is 2.38. The number of anilines is 1. The second-order valence-corrected chi connectivity index (χ2v) is 10.4. The number of aromatic nitrogens is 1. The number of fused-ring (bicyclic) bond motifs is 2. The maximum atomic E-state index is 14.0. The number of halogens is 2. The number of rotatable bonds is 4. The van der Waals surface area contributed by atoms with Crippen LogP contribution < -0.4 is 24.9 Å². The summed E-state index contributed by atoms with van der Waals surface area (Å²) < 4.78 is 13.3. The van der Waals surface area contributed by atoms with Crippen LogP contribution in [0, 0.1) is 0 Å². The molecule has 0 spiro atoms. The Morgan fingerprint density at radius 3 is 2.75 bits per heavy atom. The van der Waals surface area contributed by atoms with Crippen molar-refractivity contribution in [2.24, 2.45) is 4.99 Å². The molecule has 0 unspecified atom stereocenters. The molecule has 0 saturated heterocycles. The third-order valence-electron chi connectivity index (χ3n) is 5.93. The van der Waals surface area contributed by atoms with E-state index >= 15 is 0 Å². The molecular weight excluding hydrogens is 570 g/mol. The van der Waals surface area contributed by atoms with Crippen LogP contribution in [0.2, 0.25) is 5.02 Å². The van der Waals surface area contributed by atoms with Gasteiger partial charge in [-0.05, 0) is 50.2 Å². The number of hydrogen-bond donors (Lipinski definition) is 1. The Labute approximate surface area is 222 Å². The predicted molar refractivity (Wildman–Crippen MR) is 140 cm³/mol. The first kappa shape index (κ1) is 24.5. The minimum Gasteiger partial charge on any atom is -0.496 e. The van der Waals surface area contributed by atoms with Gasteiger partial charge in [-0.2, -0.15) is 0 Å². The summed E-state index contributed by atoms with van der Waals surface area (Å²) in [5.41, 5.74) is 2.07. The van der Waals surface area contributed by atoms with E-state index in [-0.39, 0.29) is 22.3 Å². The topological polar surface area (TPSA) is 99.0 Å². The van der Waals surface area contributed by atoms with Gasteiger partial charge >= 0.3 is 5.97 Å². The first-order chi connectivity index (χ1) is 17.2. The van der Waals surface area contributed by atoms with E-state index < -0.39 is 23.5 Å². The van der Waals surface area contributed by atoms with E-state index in [1.54, 1.807) is 50.2 Å². The molecule has 3 heterocycles. The lowest BCUT2D eigenvalue weighted by molar-refractivity contribution is -0.139. The molecule has 11 heteroatoms. The van der Waals surface area contributed by atoms with Gasteiger partial charge in [0.1, 0.15) is 16.3 Å². The molecule has 2 aliphatic rings. The molecule has 184 valence electrons. The van der Waals surface area contributed by atoms with E-state index in [2.05, 4.69) is 26.2 Å². The van der Waals surface area contributed by atoms with Crippen LogP contribution in [-0.4, -0.2) is 30.2 Å². The molecule has 3 aromatic rings. The molecule has 1 aromatic heterocycles. The van der Waals surface area contributed by atoms with Gasteiger partial charge in [-0.25, -0.2) is 9.79 Å². The van der Waals surface area contributed by atoms with Gasteiger partial charge < -0.3 is 14.8 Å². The highest BCUT2D eigenvalue weighted by Gasteiger charge is 2.36. The summed E-state index contributed by atoms with van der Waals surface area (Å²) in [6, 6.07) is 9.46. The molecule has 1 N–H and O–H groups in total. The fourth-order valence-corrected chi connectivity index (χ4v) is 6.11. The van der Waals surface area contributed by atoms with Crippen molar-refractivity contribution in [3.05, 3.63) is 88.0 Å². The van der Waals surface area contributed by atoms with Crippen LogP contribution in [0.15, 0.2) is 61.9 Å². The van der Waals surface area contributed by atoms with Gasteiger partial charge in [0.25, 0.3) is 11.5 Å². The summed E-state index contributed by atoms with van der Waals surface area (Å²) in [6.45, 7) is 3.56. The molecule has 0 bridgehead atoms. The standard InChI is InChI=1S/C25H19BrClN3O5S/c1-4-35-24(33)18-11(2)28-25-30(20(18)15-9-12(26)5-8-17(15)34-3)23(32)21(36-25)19-14-10-13(27)6-7-16(14)29-22(19)31/h5-10,20H,4H2,1-3H3,(H,29,31)/b21-19+/t20-/m0/s1. The van der Waals surface area contributed by atoms with Crippen molar-refractivity contribution in [2.75, 3.05) is 19.0 Å². The SMILES string of the molecule is CCOC(=O)C1=C(C)N=c2s/c(=C3/C(=O)Nc4ccc(Cl)cc43)c(=O)n2[C@H]1c1cc(Br)ccc1OC. The van der Waals surface area contributed by atoms with E-state index in [1.807, 2.05) is 0 Å². The molecule has 36 heavy (non-hydrogen) atoms. The highest BCUT2D eigenvalue weighted by molar-refractivity contribution is 9.10. The van der Waals surface area contributed by atoms with E-state index in [4.69, 9.17) is 21.1 Å². The largest absolute Gasteiger partial charge is 0.496 e. The Kier molecular flexibility index (Phi) is 6.36. The Morgan fingerprint density at radius 2 is 2.03 bits per heavy atom. The first-order valence-corrected chi connectivity index (χ1v) is 12.9. The van der Waals surface area contributed by atoms with Crippen LogP contribution in [-0.2, 0) is 14.3 Å². The summed E-state index contributed by atoms with van der Waals surface area (Å²) in [4.78, 5) is 45.0. The number of thiazole rings is 1. The zero-order chi connectivity index (χ0) is 25.7. The van der Waals surface area contributed by atoms with E-state index in [9.17, 15) is 14.4 Å². The van der Waals surface area contributed by atoms with E-state index in [0.717, 1.165) is 15.8 Å². The van der Waals surface area contributed by atoms with E-state index in [0.29, 0.717) is 38.1 Å². The van der Waals surface area contributed by atoms with Crippen molar-refractivity contribution in [1.29, 1.82) is 0 Å². The smallest absolute Gasteiger partial charge is 0.338 e. The van der Waals surface area contributed by atoms with Crippen LogP contribution in [0.5, 0.6) is 5.75 Å². The molecule has 0 saturated carbocycles. The minimum absolute atomic E-state index is 0.157. The lowest BCUT2D eigenvalue weighted by Gasteiger charge is -2.26. The van der Waals surface area contributed by atoms with E-state index in [1.165, 1.54) is 11.7 Å². The number of ether oxygens (including phenoxy) is 2. The quantitative estimate of drug-likeness (QED) is 0.470. The second kappa shape index (κ2) is 9.34. The number of allylic oxidation sites excluding steroid dienone is 1. The van der Waals surface area contributed by atoms with Crippen molar-refractivity contribution in [3.8, 4) is 5.75 Å². The lowest BCUT2D eigenvalue weighted by Crippen LogP contribution is -2.40. The normalized spacial score (nSPS) is 17.8. The number of nitrogens with one attached hydrogen (secondary N) is 1. The Balaban J connectivity index is 1.86. The maximum absolute atomic E-state index is 14.0. The monoisotopic (exact) mass is 587 g/mol. The number of benzene rings is 2. The van der Waals surface area contributed by atoms with Gasteiger partial charge in [-0.1, -0.05) is 38.9 Å². The number of carbonyl (C=O) groups is 2. The molecule has 2 aromatic carbocycles. The van der Waals surface area contributed by atoms with Crippen molar-refractivity contribution in [3.63, 3.8) is 0 Å². The molecular formula is C25H19BrClN3O5S. The number of esters is 1. The van der Waals surface area contributed by atoms with Gasteiger partial charge in [0, 0.05) is 26.3 Å². The van der Waals surface area contributed by atoms with Crippen LogP contribution in [0.3, 0.4) is 0 Å². The molecule has 0 aliphatic carbocycles. The Hall–Kier alpha value is -3.21. The molecule has 8 nitrogen and oxygen atoms in total. The van der Waals surface area contributed by atoms with Crippen molar-refractivity contribution < 1.29 is 19.1 Å². The van der Waals surface area contributed by atoms with Crippen molar-refractivity contribution in [1.82, 2.24) is 4.57 Å². The maximum Gasteiger partial charge on any atom is 0.338 e. The molecule has 2 aliphatic heterocycles. The minimum atomic E-state index is -0.884. The number of amides is 1. The molecule has 0 fully saturated rings. The molecule has 5 rings (SSSR count). The number of methoxy groups -OCH3 is 1. The summed E-state index contributed by atoms with van der Waals surface area (Å²) in [5, 5.41) is 3.22. The van der Waals surface area contributed by atoms with Crippen molar-refractivity contribution in [2.45, 2.75) is 19.9 Å². The zero-order valence-electron chi connectivity index (χ0n) is 19.3. The number of nitrogens with zero attached hydrogens (tertiary/aromatic N) is 2. The predicted octanol–water partition coefficient (Wildman–Crippen LogP) is 3.55. The van der Waals surface area contributed by atoms with Gasteiger partial charge in [-0.15, -0.1) is 0 Å². The number of hydrogen-bond acceptors (Lipinski definition) is 7.